The molecule has 110 valence electrons. The molecule has 1 aromatic carbocycles. The molecule has 1 atom stereocenters. The second-order valence-electron chi connectivity index (χ2n) is 5.11. The number of hydrogen-bond donors (Lipinski definition) is 2. The number of amides is 1. The van der Waals surface area contributed by atoms with Crippen molar-refractivity contribution in [2.45, 2.75) is 32.7 Å². The number of methoxy groups -OCH3 is 1. The van der Waals surface area contributed by atoms with E-state index < -0.39 is 12.0 Å². The van der Waals surface area contributed by atoms with E-state index in [2.05, 4.69) is 5.32 Å². The molecule has 5 nitrogen and oxygen atoms in total. The predicted molar refractivity (Wildman–Crippen MR) is 75.7 cm³/mol. The fraction of sp³-hybridized carbons (Fsp3) is 0.467. The highest BCUT2D eigenvalue weighted by Gasteiger charge is 2.20. The van der Waals surface area contributed by atoms with Crippen molar-refractivity contribution in [1.82, 2.24) is 5.32 Å². The van der Waals surface area contributed by atoms with E-state index in [9.17, 15) is 14.7 Å². The van der Waals surface area contributed by atoms with Crippen LogP contribution >= 0.6 is 0 Å². The van der Waals surface area contributed by atoms with Crippen LogP contribution in [0.1, 0.15) is 25.8 Å². The van der Waals surface area contributed by atoms with Gasteiger partial charge in [-0.3, -0.25) is 4.79 Å². The molecular weight excluding hydrogens is 258 g/mol. The molecule has 0 spiro atoms. The third-order valence-corrected chi connectivity index (χ3v) is 2.83. The van der Waals surface area contributed by atoms with Crippen LogP contribution in [0.4, 0.5) is 0 Å². The molecule has 0 radical (unpaired) electrons. The molecule has 0 aliphatic heterocycles. The summed E-state index contributed by atoms with van der Waals surface area (Å²) in [5, 5.41) is 11.7. The Morgan fingerprint density at radius 2 is 1.85 bits per heavy atom. The molecule has 1 rings (SSSR count). The third-order valence-electron chi connectivity index (χ3n) is 2.83. The minimum atomic E-state index is -1.03. The van der Waals surface area contributed by atoms with E-state index >= 15 is 0 Å². The average molecular weight is 279 g/mol. The Morgan fingerprint density at radius 3 is 2.30 bits per heavy atom. The topological polar surface area (TPSA) is 75.6 Å². The number of ether oxygens (including phenoxy) is 1. The fourth-order valence-corrected chi connectivity index (χ4v) is 1.82. The van der Waals surface area contributed by atoms with Crippen molar-refractivity contribution in [3.05, 3.63) is 29.8 Å². The maximum atomic E-state index is 11.7. The number of hydrogen-bond acceptors (Lipinski definition) is 3. The number of carbonyl (C=O) groups is 2. The van der Waals surface area contributed by atoms with Crippen molar-refractivity contribution < 1.29 is 19.4 Å². The molecule has 0 saturated heterocycles. The highest BCUT2D eigenvalue weighted by atomic mass is 16.5. The molecule has 0 aromatic heterocycles. The standard InChI is InChI=1S/C15H21NO4/c1-10(2)8-14(17)16-13(15(18)19)9-11-4-6-12(20-3)7-5-11/h4-7,10,13H,8-9H2,1-3H3,(H,16,17)(H,18,19)/t13-/m1/s1. The Balaban J connectivity index is 2.66. The molecule has 0 aliphatic rings. The van der Waals surface area contributed by atoms with Crippen molar-refractivity contribution >= 4 is 11.9 Å². The van der Waals surface area contributed by atoms with Crippen LogP contribution in [-0.4, -0.2) is 30.1 Å². The minimum absolute atomic E-state index is 0.199. The maximum Gasteiger partial charge on any atom is 0.326 e. The first kappa shape index (κ1) is 16.0. The number of rotatable bonds is 7. The lowest BCUT2D eigenvalue weighted by molar-refractivity contribution is -0.141. The maximum absolute atomic E-state index is 11.7. The highest BCUT2D eigenvalue weighted by Crippen LogP contribution is 2.13. The summed E-state index contributed by atoms with van der Waals surface area (Å²) in [6, 6.07) is 6.22. The first-order chi connectivity index (χ1) is 9.42. The Morgan fingerprint density at radius 1 is 1.25 bits per heavy atom. The van der Waals surface area contributed by atoms with Crippen LogP contribution in [0.15, 0.2) is 24.3 Å². The molecule has 5 heteroatoms. The predicted octanol–water partition coefficient (Wildman–Crippen LogP) is 1.85. The zero-order chi connectivity index (χ0) is 15.1. The minimum Gasteiger partial charge on any atom is -0.497 e. The quantitative estimate of drug-likeness (QED) is 0.798. The van der Waals surface area contributed by atoms with Gasteiger partial charge in [0.2, 0.25) is 5.91 Å². The molecular formula is C15H21NO4. The van der Waals surface area contributed by atoms with E-state index in [0.717, 1.165) is 5.56 Å². The number of carboxylic acids is 1. The lowest BCUT2D eigenvalue weighted by Gasteiger charge is -2.15. The Bertz CT molecular complexity index is 453. The van der Waals surface area contributed by atoms with Crippen molar-refractivity contribution in [3.8, 4) is 5.75 Å². The van der Waals surface area contributed by atoms with Crippen LogP contribution < -0.4 is 10.1 Å². The summed E-state index contributed by atoms with van der Waals surface area (Å²) in [5.74, 6) is -0.353. The van der Waals surface area contributed by atoms with Crippen LogP contribution in [0.2, 0.25) is 0 Å². The van der Waals surface area contributed by atoms with Gasteiger partial charge in [0.25, 0.3) is 0 Å². The van der Waals surface area contributed by atoms with Gasteiger partial charge in [-0.2, -0.15) is 0 Å². The van der Waals surface area contributed by atoms with Crippen LogP contribution in [0.5, 0.6) is 5.75 Å². The van der Waals surface area contributed by atoms with Crippen molar-refractivity contribution in [2.24, 2.45) is 5.92 Å². The van der Waals surface area contributed by atoms with E-state index in [1.165, 1.54) is 0 Å². The van der Waals surface area contributed by atoms with E-state index in [1.807, 2.05) is 13.8 Å². The summed E-state index contributed by atoms with van der Waals surface area (Å²) in [5.41, 5.74) is 0.836. The Kier molecular flexibility index (Phi) is 6.03. The van der Waals surface area contributed by atoms with Gasteiger partial charge in [-0.25, -0.2) is 4.79 Å². The summed E-state index contributed by atoms with van der Waals surface area (Å²) in [6.07, 6.45) is 0.579. The fourth-order valence-electron chi connectivity index (χ4n) is 1.82. The highest BCUT2D eigenvalue weighted by molar-refractivity contribution is 5.83. The summed E-state index contributed by atoms with van der Waals surface area (Å²) in [6.45, 7) is 3.83. The lowest BCUT2D eigenvalue weighted by atomic mass is 10.0. The Hall–Kier alpha value is -2.04. The SMILES string of the molecule is COc1ccc(C[C@@H](NC(=O)CC(C)C)C(=O)O)cc1. The van der Waals surface area contributed by atoms with E-state index in [0.29, 0.717) is 12.2 Å². The molecule has 2 N–H and O–H groups in total. The van der Waals surface area contributed by atoms with Crippen LogP contribution in [0.3, 0.4) is 0 Å². The van der Waals surface area contributed by atoms with Gasteiger partial charge in [0, 0.05) is 12.8 Å². The zero-order valence-corrected chi connectivity index (χ0v) is 12.1. The van der Waals surface area contributed by atoms with Gasteiger partial charge < -0.3 is 15.2 Å². The van der Waals surface area contributed by atoms with E-state index in [4.69, 9.17) is 4.74 Å². The summed E-state index contributed by atoms with van der Waals surface area (Å²) in [7, 11) is 1.57. The summed E-state index contributed by atoms with van der Waals surface area (Å²) < 4.78 is 5.04. The summed E-state index contributed by atoms with van der Waals surface area (Å²) >= 11 is 0. The van der Waals surface area contributed by atoms with Crippen LogP contribution in [0.25, 0.3) is 0 Å². The monoisotopic (exact) mass is 279 g/mol. The van der Waals surface area contributed by atoms with Gasteiger partial charge in [0.15, 0.2) is 0 Å². The first-order valence-electron chi connectivity index (χ1n) is 6.57. The second kappa shape index (κ2) is 7.53. The molecule has 1 aromatic rings. The lowest BCUT2D eigenvalue weighted by Crippen LogP contribution is -2.42. The molecule has 20 heavy (non-hydrogen) atoms. The van der Waals surface area contributed by atoms with Gasteiger partial charge in [0.05, 0.1) is 7.11 Å². The third kappa shape index (κ3) is 5.30. The molecule has 0 unspecified atom stereocenters. The molecule has 0 aliphatic carbocycles. The number of carboxylic acid groups (broad SMARTS) is 1. The van der Waals surface area contributed by atoms with Gasteiger partial charge in [-0.15, -0.1) is 0 Å². The molecule has 0 saturated carbocycles. The molecule has 0 heterocycles. The van der Waals surface area contributed by atoms with Crippen molar-refractivity contribution in [1.29, 1.82) is 0 Å². The van der Waals surface area contributed by atoms with Gasteiger partial charge in [-0.05, 0) is 23.6 Å². The van der Waals surface area contributed by atoms with E-state index in [-0.39, 0.29) is 18.2 Å². The largest absolute Gasteiger partial charge is 0.497 e. The summed E-state index contributed by atoms with van der Waals surface area (Å²) in [4.78, 5) is 22.9. The number of nitrogens with one attached hydrogen (secondary N) is 1. The number of aliphatic carboxylic acids is 1. The number of benzene rings is 1. The smallest absolute Gasteiger partial charge is 0.326 e. The first-order valence-corrected chi connectivity index (χ1v) is 6.57. The van der Waals surface area contributed by atoms with Crippen LogP contribution in [-0.2, 0) is 16.0 Å². The average Bonchev–Trinajstić information content (AvgIpc) is 2.37. The Labute approximate surface area is 118 Å². The zero-order valence-electron chi connectivity index (χ0n) is 12.1. The normalized spacial score (nSPS) is 12.0. The van der Waals surface area contributed by atoms with Crippen molar-refractivity contribution in [2.75, 3.05) is 7.11 Å². The second-order valence-corrected chi connectivity index (χ2v) is 5.11. The van der Waals surface area contributed by atoms with Gasteiger partial charge in [-0.1, -0.05) is 26.0 Å². The molecule has 1 amide bonds. The molecule has 0 fully saturated rings. The molecule has 0 bridgehead atoms. The van der Waals surface area contributed by atoms with Crippen molar-refractivity contribution in [3.63, 3.8) is 0 Å². The van der Waals surface area contributed by atoms with Crippen LogP contribution in [0, 0.1) is 5.92 Å². The van der Waals surface area contributed by atoms with Gasteiger partial charge in [0.1, 0.15) is 11.8 Å². The number of carbonyl (C=O) groups excluding carboxylic acids is 1. The van der Waals surface area contributed by atoms with Gasteiger partial charge >= 0.3 is 5.97 Å². The van der Waals surface area contributed by atoms with E-state index in [1.54, 1.807) is 31.4 Å².